The highest BCUT2D eigenvalue weighted by Gasteiger charge is 2.27. The second-order valence-corrected chi connectivity index (χ2v) is 7.69. The van der Waals surface area contributed by atoms with Gasteiger partial charge in [0, 0.05) is 16.6 Å². The molecule has 0 aromatic heterocycles. The van der Waals surface area contributed by atoms with Gasteiger partial charge in [-0.05, 0) is 33.3 Å². The number of carbonyl (C=O) groups excluding carboxylic acids is 2. The van der Waals surface area contributed by atoms with Crippen molar-refractivity contribution in [1.82, 2.24) is 5.32 Å². The van der Waals surface area contributed by atoms with Crippen molar-refractivity contribution >= 4 is 22.9 Å². The third kappa shape index (κ3) is 8.10. The van der Waals surface area contributed by atoms with Crippen molar-refractivity contribution in [3.8, 4) is 0 Å². The van der Waals surface area contributed by atoms with E-state index in [1.54, 1.807) is 27.7 Å². The molecule has 0 fully saturated rings. The van der Waals surface area contributed by atoms with E-state index in [2.05, 4.69) is 5.32 Å². The third-order valence-corrected chi connectivity index (χ3v) is 4.15. The average Bonchev–Trinajstić information content (AvgIpc) is 2.45. The van der Waals surface area contributed by atoms with Gasteiger partial charge in [-0.3, -0.25) is 4.21 Å². The number of benzene rings is 1. The summed E-state index contributed by atoms with van der Waals surface area (Å²) >= 11 is 0. The van der Waals surface area contributed by atoms with Crippen LogP contribution in [0.5, 0.6) is 0 Å². The molecule has 0 aliphatic heterocycles. The number of carbonyl (C=O) groups is 2. The van der Waals surface area contributed by atoms with Crippen molar-refractivity contribution in [3.63, 3.8) is 0 Å². The van der Waals surface area contributed by atoms with Crippen LogP contribution >= 0.6 is 0 Å². The van der Waals surface area contributed by atoms with Gasteiger partial charge in [0.25, 0.3) is 0 Å². The number of hydrogen-bond acceptors (Lipinski definition) is 5. The van der Waals surface area contributed by atoms with Gasteiger partial charge in [0.15, 0.2) is 0 Å². The first-order valence-corrected chi connectivity index (χ1v) is 9.25. The van der Waals surface area contributed by atoms with E-state index < -0.39 is 34.5 Å². The Balaban J connectivity index is 2.69. The molecular weight excluding hydrogens is 330 g/mol. The van der Waals surface area contributed by atoms with Gasteiger partial charge < -0.3 is 14.8 Å². The van der Waals surface area contributed by atoms with Crippen LogP contribution in [0.3, 0.4) is 0 Å². The molecule has 0 aliphatic rings. The average molecular weight is 355 g/mol. The van der Waals surface area contributed by atoms with Gasteiger partial charge in [-0.15, -0.1) is 0 Å². The van der Waals surface area contributed by atoms with E-state index in [4.69, 9.17) is 9.47 Å². The Kier molecular flexibility index (Phi) is 7.91. The summed E-state index contributed by atoms with van der Waals surface area (Å²) in [6, 6.07) is 8.29. The Labute approximate surface area is 145 Å². The number of esters is 1. The van der Waals surface area contributed by atoms with Gasteiger partial charge in [-0.2, -0.15) is 0 Å². The first-order valence-electron chi connectivity index (χ1n) is 7.76. The monoisotopic (exact) mass is 355 g/mol. The first kappa shape index (κ1) is 20.2. The number of hydrogen-bond donors (Lipinski definition) is 1. The number of amides is 1. The standard InChI is InChI=1S/C17H25NO5S/c1-5-22-15(19)14(18-16(20)23-17(2,3)4)12-24(21)11-13-9-7-6-8-10-13/h6-10,14H,5,11-12H2,1-4H3,(H,18,20)/t14-,24?/m0/s1. The fourth-order valence-electron chi connectivity index (χ4n) is 1.87. The lowest BCUT2D eigenvalue weighted by Gasteiger charge is -2.22. The van der Waals surface area contributed by atoms with E-state index in [9.17, 15) is 13.8 Å². The quantitative estimate of drug-likeness (QED) is 0.760. The SMILES string of the molecule is CCOC(=O)[C@H](CS(=O)Cc1ccccc1)NC(=O)OC(C)(C)C. The van der Waals surface area contributed by atoms with E-state index in [0.717, 1.165) is 5.56 Å². The summed E-state index contributed by atoms with van der Waals surface area (Å²) in [5.74, 6) is -0.357. The molecule has 1 rings (SSSR count). The Morgan fingerprint density at radius 2 is 1.83 bits per heavy atom. The number of rotatable bonds is 7. The predicted molar refractivity (Wildman–Crippen MR) is 92.9 cm³/mol. The predicted octanol–water partition coefficient (Wildman–Crippen LogP) is 2.39. The highest BCUT2D eigenvalue weighted by Crippen LogP contribution is 2.08. The zero-order valence-corrected chi connectivity index (χ0v) is 15.4. The maximum absolute atomic E-state index is 12.3. The van der Waals surface area contributed by atoms with E-state index in [1.165, 1.54) is 0 Å². The molecule has 1 unspecified atom stereocenters. The normalized spacial score (nSPS) is 13.7. The van der Waals surface area contributed by atoms with Crippen LogP contribution in [-0.4, -0.2) is 40.3 Å². The molecule has 0 heterocycles. The summed E-state index contributed by atoms with van der Waals surface area (Å²) in [5.41, 5.74) is 0.211. The molecule has 0 aliphatic carbocycles. The Bertz CT molecular complexity index is 568. The first-order chi connectivity index (χ1) is 11.2. The highest BCUT2D eigenvalue weighted by molar-refractivity contribution is 7.84. The van der Waals surface area contributed by atoms with Gasteiger partial charge in [0.1, 0.15) is 11.6 Å². The van der Waals surface area contributed by atoms with E-state index in [1.807, 2.05) is 30.3 Å². The van der Waals surface area contributed by atoms with Crippen molar-refractivity contribution < 1.29 is 23.3 Å². The lowest BCUT2D eigenvalue weighted by molar-refractivity contribution is -0.145. The Morgan fingerprint density at radius 1 is 1.21 bits per heavy atom. The van der Waals surface area contributed by atoms with Crippen LogP contribution in [0, 0.1) is 0 Å². The van der Waals surface area contributed by atoms with Crippen LogP contribution in [-0.2, 0) is 30.8 Å². The molecule has 1 aromatic carbocycles. The molecule has 1 aromatic rings. The summed E-state index contributed by atoms with van der Waals surface area (Å²) in [6.45, 7) is 7.01. The summed E-state index contributed by atoms with van der Waals surface area (Å²) in [5, 5.41) is 2.45. The molecule has 0 saturated heterocycles. The second-order valence-electron chi connectivity index (χ2n) is 6.19. The topological polar surface area (TPSA) is 81.7 Å². The Hall–Kier alpha value is -1.89. The minimum atomic E-state index is -1.34. The molecule has 2 atom stereocenters. The lowest BCUT2D eigenvalue weighted by Crippen LogP contribution is -2.47. The third-order valence-electron chi connectivity index (χ3n) is 2.79. The van der Waals surface area contributed by atoms with Gasteiger partial charge in [-0.1, -0.05) is 30.3 Å². The van der Waals surface area contributed by atoms with Crippen molar-refractivity contribution in [2.45, 2.75) is 45.1 Å². The van der Waals surface area contributed by atoms with Crippen LogP contribution in [0.15, 0.2) is 30.3 Å². The van der Waals surface area contributed by atoms with Gasteiger partial charge in [-0.25, -0.2) is 9.59 Å². The molecule has 0 spiro atoms. The number of nitrogens with one attached hydrogen (secondary N) is 1. The van der Waals surface area contributed by atoms with Crippen LogP contribution < -0.4 is 5.32 Å². The number of ether oxygens (including phenoxy) is 2. The molecule has 7 heteroatoms. The van der Waals surface area contributed by atoms with Crippen molar-refractivity contribution in [3.05, 3.63) is 35.9 Å². The summed E-state index contributed by atoms with van der Waals surface area (Å²) in [7, 11) is -1.34. The highest BCUT2D eigenvalue weighted by atomic mass is 32.2. The minimum absolute atomic E-state index is 0.0348. The largest absolute Gasteiger partial charge is 0.464 e. The van der Waals surface area contributed by atoms with Crippen LogP contribution in [0.2, 0.25) is 0 Å². The van der Waals surface area contributed by atoms with Gasteiger partial charge >= 0.3 is 12.1 Å². The second kappa shape index (κ2) is 9.42. The fourth-order valence-corrected chi connectivity index (χ4v) is 3.14. The number of alkyl carbamates (subject to hydrolysis) is 1. The zero-order valence-electron chi connectivity index (χ0n) is 14.5. The summed E-state index contributed by atoms with van der Waals surface area (Å²) in [4.78, 5) is 23.9. The van der Waals surface area contributed by atoms with E-state index >= 15 is 0 Å². The molecule has 134 valence electrons. The van der Waals surface area contributed by atoms with Crippen molar-refractivity contribution in [1.29, 1.82) is 0 Å². The Morgan fingerprint density at radius 3 is 2.38 bits per heavy atom. The molecule has 6 nitrogen and oxygen atoms in total. The fraction of sp³-hybridized carbons (Fsp3) is 0.529. The van der Waals surface area contributed by atoms with Gasteiger partial charge in [0.05, 0.1) is 12.4 Å². The molecule has 1 amide bonds. The van der Waals surface area contributed by atoms with Crippen LogP contribution in [0.25, 0.3) is 0 Å². The van der Waals surface area contributed by atoms with Crippen LogP contribution in [0.4, 0.5) is 4.79 Å². The van der Waals surface area contributed by atoms with Crippen LogP contribution in [0.1, 0.15) is 33.3 Å². The molecule has 24 heavy (non-hydrogen) atoms. The van der Waals surface area contributed by atoms with E-state index in [-0.39, 0.29) is 12.4 Å². The smallest absolute Gasteiger partial charge is 0.408 e. The molecule has 0 bridgehead atoms. The lowest BCUT2D eigenvalue weighted by atomic mass is 10.2. The zero-order chi connectivity index (χ0) is 18.2. The van der Waals surface area contributed by atoms with E-state index in [0.29, 0.717) is 5.75 Å². The maximum Gasteiger partial charge on any atom is 0.408 e. The molecule has 0 saturated carbocycles. The maximum atomic E-state index is 12.3. The van der Waals surface area contributed by atoms with Crippen molar-refractivity contribution in [2.75, 3.05) is 12.4 Å². The van der Waals surface area contributed by atoms with Gasteiger partial charge in [0.2, 0.25) is 0 Å². The van der Waals surface area contributed by atoms with Crippen molar-refractivity contribution in [2.24, 2.45) is 0 Å². The molecular formula is C17H25NO5S. The summed E-state index contributed by atoms with van der Waals surface area (Å²) in [6.07, 6.45) is -0.739. The molecule has 0 radical (unpaired) electrons. The minimum Gasteiger partial charge on any atom is -0.464 e. The summed E-state index contributed by atoms with van der Waals surface area (Å²) < 4.78 is 22.4. The molecule has 1 N–H and O–H groups in total.